The van der Waals surface area contributed by atoms with Gasteiger partial charge >= 0.3 is 0 Å². The minimum Gasteiger partial charge on any atom is -0.326 e. The van der Waals surface area contributed by atoms with E-state index in [0.717, 1.165) is 22.3 Å². The molecule has 0 amide bonds. The predicted octanol–water partition coefficient (Wildman–Crippen LogP) is 4.01. The summed E-state index contributed by atoms with van der Waals surface area (Å²) in [7, 11) is 0. The smallest absolute Gasteiger partial charge is 0.159 e. The highest BCUT2D eigenvalue weighted by Gasteiger charge is 2.14. The molecule has 7 heteroatoms. The summed E-state index contributed by atoms with van der Waals surface area (Å²) in [6.45, 7) is 2.83. The molecular weight excluding hydrogens is 362 g/mol. The van der Waals surface area contributed by atoms with Crippen LogP contribution in [0.3, 0.4) is 0 Å². The molecule has 0 bridgehead atoms. The molecule has 0 aliphatic carbocycles. The van der Waals surface area contributed by atoms with Gasteiger partial charge in [0.2, 0.25) is 0 Å². The van der Waals surface area contributed by atoms with Gasteiger partial charge in [-0.25, -0.2) is 19.9 Å². The van der Waals surface area contributed by atoms with Crippen LogP contribution < -0.4 is 0 Å². The lowest BCUT2D eigenvalue weighted by molar-refractivity contribution is 0.439. The van der Waals surface area contributed by atoms with Crippen molar-refractivity contribution in [1.29, 1.82) is 0 Å². The maximum atomic E-state index is 4.64. The Morgan fingerprint density at radius 2 is 1.79 bits per heavy atom. The fourth-order valence-electron chi connectivity index (χ4n) is 3.58. The molecular formula is C22H19N7. The Morgan fingerprint density at radius 3 is 2.62 bits per heavy atom. The second-order valence-corrected chi connectivity index (χ2v) is 6.95. The van der Waals surface area contributed by atoms with E-state index in [1.54, 1.807) is 18.9 Å². The molecule has 142 valence electrons. The third-order valence-corrected chi connectivity index (χ3v) is 5.00. The second-order valence-electron chi connectivity index (χ2n) is 6.95. The van der Waals surface area contributed by atoms with E-state index >= 15 is 0 Å². The molecule has 0 fully saturated rings. The highest BCUT2D eigenvalue weighted by atomic mass is 15.3. The minimum atomic E-state index is 0.159. The van der Waals surface area contributed by atoms with Crippen LogP contribution in [0.4, 0.5) is 0 Å². The fourth-order valence-corrected chi connectivity index (χ4v) is 3.58. The molecule has 1 atom stereocenters. The summed E-state index contributed by atoms with van der Waals surface area (Å²) in [6.07, 6.45) is 10.7. The number of benzene rings is 2. The molecule has 0 aliphatic heterocycles. The normalized spacial score (nSPS) is 12.3. The van der Waals surface area contributed by atoms with Crippen LogP contribution in [0.15, 0.2) is 79.9 Å². The van der Waals surface area contributed by atoms with Crippen molar-refractivity contribution in [1.82, 2.24) is 34.3 Å². The van der Waals surface area contributed by atoms with Crippen molar-refractivity contribution < 1.29 is 0 Å². The monoisotopic (exact) mass is 381 g/mol. The maximum absolute atomic E-state index is 4.64. The first-order valence-electron chi connectivity index (χ1n) is 9.45. The standard InChI is InChI=1S/C22H19N7/c1-16(13-28-15-23-14-27-28)29-10-9-24-22(29)18-11-25-21(26-12-18)20-8-4-6-17-5-2-3-7-19(17)20/h2-12,14-16H,13H2,1H3/t16-/m1/s1. The molecule has 3 heterocycles. The average molecular weight is 381 g/mol. The molecule has 5 rings (SSSR count). The van der Waals surface area contributed by atoms with E-state index < -0.39 is 0 Å². The minimum absolute atomic E-state index is 0.159. The van der Waals surface area contributed by atoms with Gasteiger partial charge in [-0.2, -0.15) is 5.10 Å². The first kappa shape index (κ1) is 17.2. The lowest BCUT2D eigenvalue weighted by Crippen LogP contribution is -2.14. The lowest BCUT2D eigenvalue weighted by Gasteiger charge is -2.16. The molecule has 0 aliphatic rings. The summed E-state index contributed by atoms with van der Waals surface area (Å²) in [5.74, 6) is 1.54. The van der Waals surface area contributed by atoms with Crippen LogP contribution in [0.5, 0.6) is 0 Å². The van der Waals surface area contributed by atoms with Crippen LogP contribution in [0, 0.1) is 0 Å². The third kappa shape index (κ3) is 3.27. The molecule has 7 nitrogen and oxygen atoms in total. The maximum Gasteiger partial charge on any atom is 0.159 e. The number of hydrogen-bond donors (Lipinski definition) is 0. The highest BCUT2D eigenvalue weighted by molar-refractivity contribution is 5.95. The Bertz CT molecular complexity index is 1230. The predicted molar refractivity (Wildman–Crippen MR) is 111 cm³/mol. The van der Waals surface area contributed by atoms with Crippen LogP contribution >= 0.6 is 0 Å². The summed E-state index contributed by atoms with van der Waals surface area (Å²) >= 11 is 0. The van der Waals surface area contributed by atoms with Crippen molar-refractivity contribution >= 4 is 10.8 Å². The first-order chi connectivity index (χ1) is 14.3. The summed E-state index contributed by atoms with van der Waals surface area (Å²) in [6, 6.07) is 14.6. The van der Waals surface area contributed by atoms with Crippen molar-refractivity contribution in [3.8, 4) is 22.8 Å². The Balaban J connectivity index is 1.46. The molecule has 3 aromatic heterocycles. The number of fused-ring (bicyclic) bond motifs is 1. The summed E-state index contributed by atoms with van der Waals surface area (Å²) in [5, 5.41) is 6.51. The van der Waals surface area contributed by atoms with Crippen LogP contribution in [0.2, 0.25) is 0 Å². The van der Waals surface area contributed by atoms with Crippen LogP contribution in [-0.2, 0) is 6.54 Å². The Labute approximate surface area is 167 Å². The van der Waals surface area contributed by atoms with Crippen LogP contribution in [0.1, 0.15) is 13.0 Å². The van der Waals surface area contributed by atoms with Gasteiger partial charge in [0, 0.05) is 30.4 Å². The van der Waals surface area contributed by atoms with E-state index in [-0.39, 0.29) is 6.04 Å². The Kier molecular flexibility index (Phi) is 4.32. The number of rotatable bonds is 5. The summed E-state index contributed by atoms with van der Waals surface area (Å²) < 4.78 is 3.92. The molecule has 5 aromatic rings. The average Bonchev–Trinajstić information content (AvgIpc) is 3.45. The number of hydrogen-bond acceptors (Lipinski definition) is 5. The lowest BCUT2D eigenvalue weighted by atomic mass is 10.0. The highest BCUT2D eigenvalue weighted by Crippen LogP contribution is 2.27. The van der Waals surface area contributed by atoms with Crippen LogP contribution in [-0.4, -0.2) is 34.3 Å². The zero-order valence-corrected chi connectivity index (χ0v) is 15.9. The van der Waals surface area contributed by atoms with Crippen molar-refractivity contribution in [2.24, 2.45) is 0 Å². The second kappa shape index (κ2) is 7.27. The van der Waals surface area contributed by atoms with Gasteiger partial charge in [0.15, 0.2) is 5.82 Å². The number of nitrogens with zero attached hydrogens (tertiary/aromatic N) is 7. The molecule has 2 aromatic carbocycles. The van der Waals surface area contributed by atoms with E-state index in [9.17, 15) is 0 Å². The van der Waals surface area contributed by atoms with Crippen molar-refractivity contribution in [3.63, 3.8) is 0 Å². The zero-order valence-electron chi connectivity index (χ0n) is 15.9. The topological polar surface area (TPSA) is 74.3 Å². The number of imidazole rings is 1. The Morgan fingerprint density at radius 1 is 0.966 bits per heavy atom. The molecule has 0 spiro atoms. The fraction of sp³-hybridized carbons (Fsp3) is 0.136. The molecule has 0 radical (unpaired) electrons. The largest absolute Gasteiger partial charge is 0.326 e. The molecule has 29 heavy (non-hydrogen) atoms. The van der Waals surface area contributed by atoms with E-state index in [2.05, 4.69) is 60.8 Å². The van der Waals surface area contributed by atoms with E-state index in [1.807, 2.05) is 41.5 Å². The van der Waals surface area contributed by atoms with Crippen LogP contribution in [0.25, 0.3) is 33.5 Å². The van der Waals surface area contributed by atoms with Gasteiger partial charge in [-0.3, -0.25) is 4.68 Å². The van der Waals surface area contributed by atoms with E-state index in [1.165, 1.54) is 5.39 Å². The van der Waals surface area contributed by atoms with Gasteiger partial charge in [0.05, 0.1) is 18.2 Å². The van der Waals surface area contributed by atoms with Gasteiger partial charge in [-0.1, -0.05) is 42.5 Å². The van der Waals surface area contributed by atoms with Crippen molar-refractivity contribution in [2.45, 2.75) is 19.5 Å². The van der Waals surface area contributed by atoms with E-state index in [4.69, 9.17) is 0 Å². The summed E-state index contributed by atoms with van der Waals surface area (Å²) in [4.78, 5) is 17.8. The van der Waals surface area contributed by atoms with Gasteiger partial charge in [0.1, 0.15) is 18.5 Å². The zero-order chi connectivity index (χ0) is 19.6. The van der Waals surface area contributed by atoms with Crippen molar-refractivity contribution in [3.05, 3.63) is 79.9 Å². The molecule has 0 unspecified atom stereocenters. The van der Waals surface area contributed by atoms with Crippen molar-refractivity contribution in [2.75, 3.05) is 0 Å². The third-order valence-electron chi connectivity index (χ3n) is 5.00. The number of aromatic nitrogens is 7. The van der Waals surface area contributed by atoms with Gasteiger partial charge in [-0.15, -0.1) is 0 Å². The Hall–Kier alpha value is -3.87. The quantitative estimate of drug-likeness (QED) is 0.460. The van der Waals surface area contributed by atoms with E-state index in [0.29, 0.717) is 12.4 Å². The molecule has 0 saturated heterocycles. The molecule has 0 N–H and O–H groups in total. The van der Waals surface area contributed by atoms with Gasteiger partial charge in [-0.05, 0) is 17.7 Å². The molecule has 0 saturated carbocycles. The SMILES string of the molecule is C[C@H](Cn1cncn1)n1ccnc1-c1cnc(-c2cccc3ccccc23)nc1. The van der Waals surface area contributed by atoms with Gasteiger partial charge < -0.3 is 4.57 Å². The van der Waals surface area contributed by atoms with Gasteiger partial charge in [0.25, 0.3) is 0 Å². The first-order valence-corrected chi connectivity index (χ1v) is 9.45. The summed E-state index contributed by atoms with van der Waals surface area (Å²) in [5.41, 5.74) is 1.90.